The Morgan fingerprint density at radius 2 is 2.33 bits per heavy atom. The molecule has 3 N–H and O–H groups in total. The van der Waals surface area contributed by atoms with Crippen molar-refractivity contribution in [3.05, 3.63) is 34.1 Å². The smallest absolute Gasteiger partial charge is 0.320 e. The minimum atomic E-state index is -1.13. The first kappa shape index (κ1) is 11.1. The maximum atomic E-state index is 10.4. The topological polar surface area (TPSA) is 119 Å². The van der Waals surface area contributed by atoms with Gasteiger partial charge in [-0.25, -0.2) is 0 Å². The second-order valence-electron chi connectivity index (χ2n) is 2.91. The van der Waals surface area contributed by atoms with Crippen molar-refractivity contribution in [3.8, 4) is 0 Å². The van der Waals surface area contributed by atoms with Crippen LogP contribution in [0, 0.1) is 10.1 Å². The van der Waals surface area contributed by atoms with Gasteiger partial charge in [0.25, 0.3) is 5.69 Å². The number of nitro groups is 1. The number of aliphatic carboxylic acids is 1. The summed E-state index contributed by atoms with van der Waals surface area (Å²) in [5, 5.41) is 18.8. The van der Waals surface area contributed by atoms with Gasteiger partial charge in [0, 0.05) is 18.2 Å². The first-order valence-electron chi connectivity index (χ1n) is 4.08. The molecular formula is C8H9N3O4. The van der Waals surface area contributed by atoms with Crippen molar-refractivity contribution in [2.45, 2.75) is 12.5 Å². The van der Waals surface area contributed by atoms with Crippen molar-refractivity contribution < 1.29 is 14.8 Å². The van der Waals surface area contributed by atoms with Crippen LogP contribution < -0.4 is 5.73 Å². The number of nitrogens with zero attached hydrogens (tertiary/aromatic N) is 2. The van der Waals surface area contributed by atoms with Crippen LogP contribution in [0.2, 0.25) is 0 Å². The summed E-state index contributed by atoms with van der Waals surface area (Å²) in [6.07, 6.45) is 1.12. The molecule has 0 radical (unpaired) electrons. The van der Waals surface area contributed by atoms with Crippen LogP contribution >= 0.6 is 0 Å². The van der Waals surface area contributed by atoms with Gasteiger partial charge in [0.05, 0.1) is 4.92 Å². The van der Waals surface area contributed by atoms with E-state index in [1.807, 2.05) is 0 Å². The third-order valence-corrected chi connectivity index (χ3v) is 1.77. The number of carboxylic acid groups (broad SMARTS) is 1. The highest BCUT2D eigenvalue weighted by Crippen LogP contribution is 2.09. The van der Waals surface area contributed by atoms with Crippen molar-refractivity contribution >= 4 is 11.7 Å². The molecule has 7 heteroatoms. The zero-order valence-electron chi connectivity index (χ0n) is 7.66. The molecule has 0 unspecified atom stereocenters. The number of carbonyl (C=O) groups is 1. The first-order chi connectivity index (χ1) is 7.00. The van der Waals surface area contributed by atoms with Gasteiger partial charge in [-0.1, -0.05) is 0 Å². The molecule has 1 heterocycles. The molecule has 1 atom stereocenters. The van der Waals surface area contributed by atoms with Gasteiger partial charge in [-0.15, -0.1) is 0 Å². The molecule has 15 heavy (non-hydrogen) atoms. The Morgan fingerprint density at radius 3 is 2.73 bits per heavy atom. The first-order valence-corrected chi connectivity index (χ1v) is 4.08. The fraction of sp³-hybridized carbons (Fsp3) is 0.250. The molecular weight excluding hydrogens is 202 g/mol. The molecule has 0 aliphatic rings. The number of rotatable bonds is 4. The summed E-state index contributed by atoms with van der Waals surface area (Å²) < 4.78 is 0. The van der Waals surface area contributed by atoms with E-state index in [1.54, 1.807) is 0 Å². The third-order valence-electron chi connectivity index (χ3n) is 1.77. The molecule has 80 valence electrons. The number of nitrogens with two attached hydrogens (primary N) is 1. The average molecular weight is 211 g/mol. The largest absolute Gasteiger partial charge is 0.480 e. The lowest BCUT2D eigenvalue weighted by atomic mass is 10.1. The Labute approximate surface area is 84.7 Å². The average Bonchev–Trinajstić information content (AvgIpc) is 2.18. The lowest BCUT2D eigenvalue weighted by Gasteiger charge is -2.04. The third kappa shape index (κ3) is 2.99. The zero-order chi connectivity index (χ0) is 11.4. The molecule has 0 spiro atoms. The normalized spacial score (nSPS) is 12.1. The van der Waals surface area contributed by atoms with Crippen LogP contribution in [-0.4, -0.2) is 27.0 Å². The van der Waals surface area contributed by atoms with Crippen LogP contribution in [0.1, 0.15) is 5.69 Å². The van der Waals surface area contributed by atoms with Crippen molar-refractivity contribution in [1.82, 2.24) is 4.98 Å². The van der Waals surface area contributed by atoms with E-state index in [9.17, 15) is 14.9 Å². The number of aromatic nitrogens is 1. The standard InChI is InChI=1S/C8H9N3O4/c9-7(8(12)13)3-5-1-2-6(4-10-5)11(14)15/h1-2,4,7H,3,9H2,(H,12,13)/t7-/m0/s1. The van der Waals surface area contributed by atoms with Gasteiger partial charge in [0.2, 0.25) is 0 Å². The van der Waals surface area contributed by atoms with Gasteiger partial charge < -0.3 is 10.8 Å². The fourth-order valence-corrected chi connectivity index (χ4v) is 0.958. The second kappa shape index (κ2) is 4.47. The fourth-order valence-electron chi connectivity index (χ4n) is 0.958. The van der Waals surface area contributed by atoms with E-state index < -0.39 is 16.9 Å². The lowest BCUT2D eigenvalue weighted by molar-refractivity contribution is -0.385. The van der Waals surface area contributed by atoms with E-state index in [-0.39, 0.29) is 12.1 Å². The van der Waals surface area contributed by atoms with Crippen LogP contribution in [-0.2, 0) is 11.2 Å². The summed E-state index contributed by atoms with van der Waals surface area (Å²) in [4.78, 5) is 23.9. The lowest BCUT2D eigenvalue weighted by Crippen LogP contribution is -2.32. The summed E-state index contributed by atoms with van der Waals surface area (Å²) in [7, 11) is 0. The van der Waals surface area contributed by atoms with E-state index in [0.717, 1.165) is 6.20 Å². The minimum absolute atomic E-state index is 0.0489. The molecule has 1 rings (SSSR count). The molecule has 1 aromatic heterocycles. The van der Waals surface area contributed by atoms with Gasteiger partial charge in [-0.05, 0) is 6.07 Å². The van der Waals surface area contributed by atoms with Crippen LogP contribution in [0.25, 0.3) is 0 Å². The van der Waals surface area contributed by atoms with Gasteiger partial charge in [-0.2, -0.15) is 0 Å². The van der Waals surface area contributed by atoms with Crippen molar-refractivity contribution in [2.75, 3.05) is 0 Å². The Morgan fingerprint density at radius 1 is 1.67 bits per heavy atom. The Balaban J connectivity index is 2.72. The highest BCUT2D eigenvalue weighted by atomic mass is 16.6. The van der Waals surface area contributed by atoms with Gasteiger partial charge in [0.1, 0.15) is 12.2 Å². The summed E-state index contributed by atoms with van der Waals surface area (Å²) in [6.45, 7) is 0. The molecule has 0 amide bonds. The molecule has 0 fully saturated rings. The Kier molecular flexibility index (Phi) is 3.29. The van der Waals surface area contributed by atoms with Crippen LogP contribution in [0.3, 0.4) is 0 Å². The quantitative estimate of drug-likeness (QED) is 0.532. The predicted octanol–water partition coefficient (Wildman–Crippen LogP) is -0.0558. The molecule has 0 saturated carbocycles. The van der Waals surface area contributed by atoms with Crippen molar-refractivity contribution in [3.63, 3.8) is 0 Å². The second-order valence-corrected chi connectivity index (χ2v) is 2.91. The zero-order valence-corrected chi connectivity index (χ0v) is 7.66. The summed E-state index contributed by atoms with van der Waals surface area (Å²) in [5.41, 5.74) is 5.55. The molecule has 1 aromatic rings. The molecule has 0 bridgehead atoms. The monoisotopic (exact) mass is 211 g/mol. The van der Waals surface area contributed by atoms with Crippen LogP contribution in [0.5, 0.6) is 0 Å². The molecule has 0 aliphatic heterocycles. The van der Waals surface area contributed by atoms with Crippen molar-refractivity contribution in [2.24, 2.45) is 5.73 Å². The number of hydrogen-bond donors (Lipinski definition) is 2. The van der Waals surface area contributed by atoms with Gasteiger partial charge in [-0.3, -0.25) is 19.9 Å². The van der Waals surface area contributed by atoms with E-state index in [0.29, 0.717) is 5.69 Å². The predicted molar refractivity (Wildman–Crippen MR) is 50.2 cm³/mol. The van der Waals surface area contributed by atoms with E-state index in [4.69, 9.17) is 10.8 Å². The molecule has 0 saturated heterocycles. The van der Waals surface area contributed by atoms with Gasteiger partial charge >= 0.3 is 5.97 Å². The van der Waals surface area contributed by atoms with E-state index in [2.05, 4.69) is 4.98 Å². The number of pyridine rings is 1. The highest BCUT2D eigenvalue weighted by Gasteiger charge is 2.13. The van der Waals surface area contributed by atoms with E-state index >= 15 is 0 Å². The SMILES string of the molecule is N[C@@H](Cc1ccc([N+](=O)[O-])cn1)C(=O)O. The van der Waals surface area contributed by atoms with Gasteiger partial charge in [0.15, 0.2) is 0 Å². The van der Waals surface area contributed by atoms with Crippen LogP contribution in [0.15, 0.2) is 18.3 Å². The minimum Gasteiger partial charge on any atom is -0.480 e. The Bertz CT molecular complexity index is 376. The van der Waals surface area contributed by atoms with Crippen LogP contribution in [0.4, 0.5) is 5.69 Å². The van der Waals surface area contributed by atoms with E-state index in [1.165, 1.54) is 12.1 Å². The maximum absolute atomic E-state index is 10.4. The number of carboxylic acids is 1. The summed E-state index contributed by atoms with van der Waals surface area (Å²) >= 11 is 0. The molecule has 0 aromatic carbocycles. The van der Waals surface area contributed by atoms with Crippen molar-refractivity contribution in [1.29, 1.82) is 0 Å². The highest BCUT2D eigenvalue weighted by molar-refractivity contribution is 5.73. The molecule has 0 aliphatic carbocycles. The molecule has 7 nitrogen and oxygen atoms in total. The Hall–Kier alpha value is -2.02. The summed E-state index contributed by atoms with van der Waals surface area (Å²) in [6, 6.07) is 1.61. The number of hydrogen-bond acceptors (Lipinski definition) is 5. The summed E-state index contributed by atoms with van der Waals surface area (Å²) in [5.74, 6) is -1.13. The maximum Gasteiger partial charge on any atom is 0.320 e.